The zero-order valence-electron chi connectivity index (χ0n) is 14.6. The standard InChI is InChI=1S/C19H24N2O3S/c1-14-7-8-16(24-2)15(13-14)9-11-20-18(22)6-3-10-21-19(23)17-5-4-12-25-17/h4-5,7-8,12-13H,3,6,9-11H2,1-2H3,(H,20,22)(H,21,23). The van der Waals surface area contributed by atoms with Gasteiger partial charge in [0, 0.05) is 19.5 Å². The number of hydrogen-bond donors (Lipinski definition) is 2. The van der Waals surface area contributed by atoms with E-state index < -0.39 is 0 Å². The fourth-order valence-electron chi connectivity index (χ4n) is 2.47. The molecule has 2 aromatic rings. The number of nitrogens with one attached hydrogen (secondary N) is 2. The summed E-state index contributed by atoms with van der Waals surface area (Å²) in [6.07, 6.45) is 1.75. The Kier molecular flexibility index (Phi) is 7.47. The number of carbonyl (C=O) groups is 2. The lowest BCUT2D eigenvalue weighted by atomic mass is 10.1. The van der Waals surface area contributed by atoms with Crippen LogP contribution in [0, 0.1) is 6.92 Å². The maximum Gasteiger partial charge on any atom is 0.261 e. The van der Waals surface area contributed by atoms with Crippen LogP contribution in [0.5, 0.6) is 5.75 Å². The number of aryl methyl sites for hydroxylation is 1. The fraction of sp³-hybridized carbons (Fsp3) is 0.368. The predicted molar refractivity (Wildman–Crippen MR) is 100 cm³/mol. The van der Waals surface area contributed by atoms with E-state index in [9.17, 15) is 9.59 Å². The van der Waals surface area contributed by atoms with Gasteiger partial charge in [-0.25, -0.2) is 0 Å². The number of rotatable bonds is 9. The minimum Gasteiger partial charge on any atom is -0.496 e. The van der Waals surface area contributed by atoms with E-state index in [1.54, 1.807) is 13.2 Å². The van der Waals surface area contributed by atoms with Crippen molar-refractivity contribution in [3.8, 4) is 5.75 Å². The molecule has 0 aliphatic rings. The lowest BCUT2D eigenvalue weighted by molar-refractivity contribution is -0.121. The average Bonchev–Trinajstić information content (AvgIpc) is 3.13. The molecule has 1 aromatic heterocycles. The number of methoxy groups -OCH3 is 1. The van der Waals surface area contributed by atoms with Gasteiger partial charge in [-0.2, -0.15) is 0 Å². The van der Waals surface area contributed by atoms with E-state index in [2.05, 4.69) is 16.7 Å². The summed E-state index contributed by atoms with van der Waals surface area (Å²) in [5.74, 6) is 0.759. The molecule has 0 aliphatic heterocycles. The van der Waals surface area contributed by atoms with Gasteiger partial charge in [0.25, 0.3) is 5.91 Å². The number of carbonyl (C=O) groups excluding carboxylic acids is 2. The van der Waals surface area contributed by atoms with Crippen LogP contribution in [0.25, 0.3) is 0 Å². The second-order valence-electron chi connectivity index (χ2n) is 5.75. The molecule has 0 fully saturated rings. The Bertz CT molecular complexity index is 699. The fourth-order valence-corrected chi connectivity index (χ4v) is 3.11. The molecule has 0 spiro atoms. The van der Waals surface area contributed by atoms with E-state index in [1.807, 2.05) is 30.5 Å². The third-order valence-electron chi connectivity index (χ3n) is 3.76. The summed E-state index contributed by atoms with van der Waals surface area (Å²) in [7, 11) is 1.65. The van der Waals surface area contributed by atoms with Crippen LogP contribution in [-0.4, -0.2) is 32.0 Å². The van der Waals surface area contributed by atoms with Crippen LogP contribution in [0.15, 0.2) is 35.7 Å². The van der Waals surface area contributed by atoms with Crippen molar-refractivity contribution in [1.82, 2.24) is 10.6 Å². The molecule has 25 heavy (non-hydrogen) atoms. The first-order valence-electron chi connectivity index (χ1n) is 8.32. The van der Waals surface area contributed by atoms with E-state index in [1.165, 1.54) is 16.9 Å². The second-order valence-corrected chi connectivity index (χ2v) is 6.70. The summed E-state index contributed by atoms with van der Waals surface area (Å²) in [6, 6.07) is 9.65. The second kappa shape index (κ2) is 9.84. The highest BCUT2D eigenvalue weighted by molar-refractivity contribution is 7.12. The van der Waals surface area contributed by atoms with Crippen molar-refractivity contribution in [3.05, 3.63) is 51.7 Å². The third kappa shape index (κ3) is 6.23. The summed E-state index contributed by atoms with van der Waals surface area (Å²) in [4.78, 5) is 24.3. The van der Waals surface area contributed by atoms with Gasteiger partial charge in [-0.15, -0.1) is 11.3 Å². The number of benzene rings is 1. The summed E-state index contributed by atoms with van der Waals surface area (Å²) in [5.41, 5.74) is 2.26. The lowest BCUT2D eigenvalue weighted by Gasteiger charge is -2.10. The molecule has 2 amide bonds. The van der Waals surface area contributed by atoms with Crippen LogP contribution >= 0.6 is 11.3 Å². The first-order chi connectivity index (χ1) is 12.1. The minimum atomic E-state index is -0.0815. The Labute approximate surface area is 152 Å². The van der Waals surface area contributed by atoms with E-state index in [0.29, 0.717) is 30.8 Å². The monoisotopic (exact) mass is 360 g/mol. The molecule has 2 rings (SSSR count). The molecule has 0 bridgehead atoms. The zero-order chi connectivity index (χ0) is 18.1. The lowest BCUT2D eigenvalue weighted by Crippen LogP contribution is -2.28. The summed E-state index contributed by atoms with van der Waals surface area (Å²) < 4.78 is 5.34. The van der Waals surface area contributed by atoms with Crippen molar-refractivity contribution in [2.45, 2.75) is 26.2 Å². The van der Waals surface area contributed by atoms with Gasteiger partial charge in [0.15, 0.2) is 0 Å². The van der Waals surface area contributed by atoms with Crippen molar-refractivity contribution >= 4 is 23.2 Å². The number of thiophene rings is 1. The number of amides is 2. The molecule has 0 aliphatic carbocycles. The Morgan fingerprint density at radius 1 is 1.16 bits per heavy atom. The summed E-state index contributed by atoms with van der Waals surface area (Å²) in [5, 5.41) is 7.60. The highest BCUT2D eigenvalue weighted by Gasteiger charge is 2.07. The normalized spacial score (nSPS) is 10.3. The third-order valence-corrected chi connectivity index (χ3v) is 4.63. The molecule has 0 atom stereocenters. The van der Waals surface area contributed by atoms with Gasteiger partial charge in [-0.05, 0) is 42.8 Å². The SMILES string of the molecule is COc1ccc(C)cc1CCNC(=O)CCCNC(=O)c1cccs1. The number of hydrogen-bond acceptors (Lipinski definition) is 4. The molecule has 1 aromatic carbocycles. The average molecular weight is 360 g/mol. The van der Waals surface area contributed by atoms with Crippen molar-refractivity contribution in [2.75, 3.05) is 20.2 Å². The molecular formula is C19H24N2O3S. The number of ether oxygens (including phenoxy) is 1. The van der Waals surface area contributed by atoms with Crippen molar-refractivity contribution in [1.29, 1.82) is 0 Å². The van der Waals surface area contributed by atoms with E-state index in [-0.39, 0.29) is 11.8 Å². The first-order valence-corrected chi connectivity index (χ1v) is 9.20. The van der Waals surface area contributed by atoms with Crippen LogP contribution in [0.3, 0.4) is 0 Å². The first kappa shape index (κ1) is 19.0. The van der Waals surface area contributed by atoms with Crippen molar-refractivity contribution in [2.24, 2.45) is 0 Å². The topological polar surface area (TPSA) is 67.4 Å². The summed E-state index contributed by atoms with van der Waals surface area (Å²) in [6.45, 7) is 3.10. The predicted octanol–water partition coefficient (Wildman–Crippen LogP) is 2.93. The summed E-state index contributed by atoms with van der Waals surface area (Å²) >= 11 is 1.41. The minimum absolute atomic E-state index is 0.00278. The van der Waals surface area contributed by atoms with Gasteiger partial charge >= 0.3 is 0 Å². The molecule has 1 heterocycles. The van der Waals surface area contributed by atoms with Crippen LogP contribution in [-0.2, 0) is 11.2 Å². The molecule has 0 radical (unpaired) electrons. The van der Waals surface area contributed by atoms with Gasteiger partial charge in [0.2, 0.25) is 5.91 Å². The van der Waals surface area contributed by atoms with Gasteiger partial charge in [-0.3, -0.25) is 9.59 Å². The van der Waals surface area contributed by atoms with E-state index >= 15 is 0 Å². The molecule has 5 nitrogen and oxygen atoms in total. The van der Waals surface area contributed by atoms with Gasteiger partial charge in [-0.1, -0.05) is 23.8 Å². The Hall–Kier alpha value is -2.34. The van der Waals surface area contributed by atoms with E-state index in [0.717, 1.165) is 17.7 Å². The smallest absolute Gasteiger partial charge is 0.261 e. The van der Waals surface area contributed by atoms with Crippen LogP contribution in [0.1, 0.15) is 33.6 Å². The Balaban J connectivity index is 1.63. The zero-order valence-corrected chi connectivity index (χ0v) is 15.4. The maximum absolute atomic E-state index is 11.9. The highest BCUT2D eigenvalue weighted by atomic mass is 32.1. The molecule has 0 saturated carbocycles. The van der Waals surface area contributed by atoms with E-state index in [4.69, 9.17) is 4.74 Å². The van der Waals surface area contributed by atoms with Gasteiger partial charge in [0.1, 0.15) is 5.75 Å². The quantitative estimate of drug-likeness (QED) is 0.676. The molecule has 2 N–H and O–H groups in total. The van der Waals surface area contributed by atoms with Crippen LogP contribution < -0.4 is 15.4 Å². The van der Waals surface area contributed by atoms with Gasteiger partial charge < -0.3 is 15.4 Å². The van der Waals surface area contributed by atoms with Crippen molar-refractivity contribution < 1.29 is 14.3 Å². The molecule has 0 saturated heterocycles. The molecular weight excluding hydrogens is 336 g/mol. The maximum atomic E-state index is 11.9. The molecule has 6 heteroatoms. The van der Waals surface area contributed by atoms with Gasteiger partial charge in [0.05, 0.1) is 12.0 Å². The molecule has 134 valence electrons. The Morgan fingerprint density at radius 2 is 2.00 bits per heavy atom. The molecule has 0 unspecified atom stereocenters. The largest absolute Gasteiger partial charge is 0.496 e. The van der Waals surface area contributed by atoms with Crippen LogP contribution in [0.2, 0.25) is 0 Å². The van der Waals surface area contributed by atoms with Crippen LogP contribution in [0.4, 0.5) is 0 Å². The highest BCUT2D eigenvalue weighted by Crippen LogP contribution is 2.19. The Morgan fingerprint density at radius 3 is 2.72 bits per heavy atom. The van der Waals surface area contributed by atoms with Crippen molar-refractivity contribution in [3.63, 3.8) is 0 Å².